The number of benzene rings is 3. The predicted octanol–water partition coefficient (Wildman–Crippen LogP) is 6.83. The van der Waals surface area contributed by atoms with E-state index in [4.69, 9.17) is 26.1 Å². The van der Waals surface area contributed by atoms with Gasteiger partial charge in [0.05, 0.1) is 18.7 Å². The number of halogens is 1. The number of carbonyl (C=O) groups is 1. The number of piperidine rings is 1. The molecule has 2 bridgehead atoms. The molecule has 4 aliphatic heterocycles. The summed E-state index contributed by atoms with van der Waals surface area (Å²) in [5, 5.41) is 1.79. The van der Waals surface area contributed by atoms with E-state index < -0.39 is 17.3 Å². The maximum atomic E-state index is 14.9. The molecule has 9 rings (SSSR count). The Morgan fingerprint density at radius 2 is 1.79 bits per heavy atom. The number of hydrogen-bond acceptors (Lipinski definition) is 4. The maximum Gasteiger partial charge on any atom is 0.254 e. The first-order valence-corrected chi connectivity index (χ1v) is 15.1. The topological polar surface area (TPSA) is 56.1 Å². The van der Waals surface area contributed by atoms with Crippen molar-refractivity contribution in [1.29, 1.82) is 0 Å². The van der Waals surface area contributed by atoms with Crippen molar-refractivity contribution in [2.24, 2.45) is 10.9 Å². The van der Waals surface area contributed by atoms with Crippen LogP contribution in [0.3, 0.4) is 0 Å². The van der Waals surface area contributed by atoms with Crippen LogP contribution in [0, 0.1) is 5.92 Å². The first kappa shape index (κ1) is 26.2. The van der Waals surface area contributed by atoms with Crippen LogP contribution in [0.4, 0.5) is 0 Å². The van der Waals surface area contributed by atoms with Crippen LogP contribution in [0.25, 0.3) is 10.9 Å². The van der Waals surface area contributed by atoms with Crippen molar-refractivity contribution >= 4 is 34.1 Å². The lowest BCUT2D eigenvalue weighted by molar-refractivity contribution is -0.159. The second kappa shape index (κ2) is 9.03. The zero-order valence-electron chi connectivity index (χ0n) is 24.1. The summed E-state index contributed by atoms with van der Waals surface area (Å²) in [5.41, 5.74) is 4.79. The van der Waals surface area contributed by atoms with E-state index in [1.54, 1.807) is 0 Å². The van der Waals surface area contributed by atoms with Gasteiger partial charge < -0.3 is 14.0 Å². The van der Waals surface area contributed by atoms with Crippen LogP contribution in [-0.4, -0.2) is 38.8 Å². The van der Waals surface area contributed by atoms with Crippen molar-refractivity contribution in [1.82, 2.24) is 9.47 Å². The van der Waals surface area contributed by atoms with Gasteiger partial charge in [-0.25, -0.2) is 0 Å². The van der Waals surface area contributed by atoms with E-state index in [1.165, 1.54) is 11.3 Å². The average molecular weight is 580 g/mol. The van der Waals surface area contributed by atoms with Crippen LogP contribution < -0.4 is 0 Å². The molecule has 1 aliphatic carbocycles. The van der Waals surface area contributed by atoms with Gasteiger partial charge in [0.15, 0.2) is 6.23 Å². The summed E-state index contributed by atoms with van der Waals surface area (Å²) in [6, 6.07) is 26.4. The van der Waals surface area contributed by atoms with E-state index in [0.717, 1.165) is 34.2 Å². The fourth-order valence-corrected chi connectivity index (χ4v) is 8.69. The zero-order valence-corrected chi connectivity index (χ0v) is 24.9. The Morgan fingerprint density at radius 3 is 2.55 bits per heavy atom. The van der Waals surface area contributed by atoms with Crippen LogP contribution in [0.5, 0.6) is 0 Å². The van der Waals surface area contributed by atoms with Crippen LogP contribution >= 0.6 is 11.6 Å². The summed E-state index contributed by atoms with van der Waals surface area (Å²) >= 11 is 6.57. The van der Waals surface area contributed by atoms with Crippen molar-refractivity contribution in [3.05, 3.63) is 106 Å². The second-order valence-electron chi connectivity index (χ2n) is 12.9. The van der Waals surface area contributed by atoms with Gasteiger partial charge in [-0.15, -0.1) is 0 Å². The van der Waals surface area contributed by atoms with Gasteiger partial charge in [0.2, 0.25) is 0 Å². The van der Waals surface area contributed by atoms with E-state index >= 15 is 0 Å². The van der Waals surface area contributed by atoms with Gasteiger partial charge in [0.25, 0.3) is 5.91 Å². The van der Waals surface area contributed by atoms with Gasteiger partial charge >= 0.3 is 0 Å². The Hall–Kier alpha value is -3.45. The highest BCUT2D eigenvalue weighted by Crippen LogP contribution is 2.62. The monoisotopic (exact) mass is 579 g/mol. The normalized spacial score (nSPS) is 28.9. The van der Waals surface area contributed by atoms with Crippen LogP contribution in [-0.2, 0) is 39.4 Å². The standard InChI is InChI=1S/C35H34ClN3O3/c1-22-34-18-29-33(2,3)30-27(17-35(29,37-22)32(40)39(34)31(42-20-34)24-12-8-5-9-13-24)26-15-14-25(36)16-28(26)38(30)21-41-19-23-10-6-4-7-11-23/h4-16,29,31H,17-21H2,1-3H3. The molecular weight excluding hydrogens is 546 g/mol. The molecule has 2 saturated heterocycles. The SMILES string of the molecule is CC1=NC23Cc4c(n(COCc5ccccc5)c5cc(Cl)ccc45)C(C)(C)C2CC12COC(c1ccccc1)N2C3=O. The Morgan fingerprint density at radius 1 is 1.05 bits per heavy atom. The van der Waals surface area contributed by atoms with E-state index in [0.29, 0.717) is 31.4 Å². The summed E-state index contributed by atoms with van der Waals surface area (Å²) in [6.07, 6.45) is 0.958. The molecular formula is C35H34ClN3O3. The quantitative estimate of drug-likeness (QED) is 0.260. The minimum absolute atomic E-state index is 0.00994. The molecule has 0 N–H and O–H groups in total. The number of aromatic nitrogens is 1. The lowest BCUT2D eigenvalue weighted by Gasteiger charge is -2.62. The number of fused-ring (bicyclic) bond motifs is 3. The summed E-state index contributed by atoms with van der Waals surface area (Å²) in [4.78, 5) is 22.3. The predicted molar refractivity (Wildman–Crippen MR) is 164 cm³/mol. The molecule has 0 saturated carbocycles. The van der Waals surface area contributed by atoms with E-state index in [1.807, 2.05) is 53.4 Å². The summed E-state index contributed by atoms with van der Waals surface area (Å²) in [7, 11) is 0. The van der Waals surface area contributed by atoms with Gasteiger partial charge in [-0.05, 0) is 36.6 Å². The number of rotatable bonds is 5. The van der Waals surface area contributed by atoms with Crippen molar-refractivity contribution in [3.8, 4) is 0 Å². The average Bonchev–Trinajstić information content (AvgIpc) is 3.52. The van der Waals surface area contributed by atoms with E-state index in [9.17, 15) is 4.79 Å². The third-order valence-electron chi connectivity index (χ3n) is 10.4. The maximum absolute atomic E-state index is 14.9. The molecule has 2 spiro atoms. The Balaban J connectivity index is 1.26. The molecule has 2 fully saturated rings. The molecule has 4 atom stereocenters. The molecule has 1 amide bonds. The Labute approximate surface area is 250 Å². The molecule has 3 aromatic carbocycles. The number of ether oxygens (including phenoxy) is 2. The van der Waals surface area contributed by atoms with Crippen molar-refractivity contribution in [3.63, 3.8) is 0 Å². The van der Waals surface area contributed by atoms with E-state index in [-0.39, 0.29) is 17.2 Å². The largest absolute Gasteiger partial charge is 0.356 e. The molecule has 42 heavy (non-hydrogen) atoms. The van der Waals surface area contributed by atoms with Crippen molar-refractivity contribution in [2.75, 3.05) is 6.61 Å². The molecule has 1 aromatic heterocycles. The second-order valence-corrected chi connectivity index (χ2v) is 13.4. The highest BCUT2D eigenvalue weighted by Gasteiger charge is 2.72. The molecule has 4 aromatic rings. The smallest absolute Gasteiger partial charge is 0.254 e. The molecule has 6 nitrogen and oxygen atoms in total. The first-order chi connectivity index (χ1) is 20.3. The molecule has 5 aliphatic rings. The minimum Gasteiger partial charge on any atom is -0.356 e. The Bertz CT molecular complexity index is 1760. The number of carbonyl (C=O) groups excluding carboxylic acids is 1. The third-order valence-corrected chi connectivity index (χ3v) is 10.6. The number of aliphatic imine (C=N–C) groups is 1. The van der Waals surface area contributed by atoms with Crippen LogP contribution in [0.1, 0.15) is 55.8 Å². The van der Waals surface area contributed by atoms with Gasteiger partial charge in [-0.2, -0.15) is 0 Å². The van der Waals surface area contributed by atoms with Crippen LogP contribution in [0.2, 0.25) is 5.02 Å². The molecule has 5 heterocycles. The van der Waals surface area contributed by atoms with Gasteiger partial charge in [-0.1, -0.05) is 92.2 Å². The first-order valence-electron chi connectivity index (χ1n) is 14.8. The lowest BCUT2D eigenvalue weighted by Crippen LogP contribution is -2.76. The summed E-state index contributed by atoms with van der Waals surface area (Å²) < 4.78 is 15.1. The molecule has 214 valence electrons. The highest BCUT2D eigenvalue weighted by atomic mass is 35.5. The highest BCUT2D eigenvalue weighted by molar-refractivity contribution is 6.31. The molecule has 0 radical (unpaired) electrons. The number of amides is 1. The Kier molecular flexibility index (Phi) is 5.63. The van der Waals surface area contributed by atoms with E-state index in [2.05, 4.69) is 55.7 Å². The van der Waals surface area contributed by atoms with Crippen molar-refractivity contribution in [2.45, 2.75) is 69.7 Å². The van der Waals surface area contributed by atoms with Gasteiger partial charge in [0.1, 0.15) is 17.8 Å². The lowest BCUT2D eigenvalue weighted by atomic mass is 9.51. The van der Waals surface area contributed by atoms with Crippen molar-refractivity contribution < 1.29 is 14.3 Å². The van der Waals surface area contributed by atoms with Gasteiger partial charge in [-0.3, -0.25) is 14.7 Å². The minimum atomic E-state index is -0.882. The van der Waals surface area contributed by atoms with Crippen LogP contribution in [0.15, 0.2) is 83.9 Å². The fraction of sp³-hybridized carbons (Fsp3) is 0.371. The molecule has 7 heteroatoms. The number of nitrogens with zero attached hydrogens (tertiary/aromatic N) is 3. The molecule has 4 unspecified atom stereocenters. The zero-order chi connectivity index (χ0) is 28.9. The number of hydrogen-bond donors (Lipinski definition) is 0. The summed E-state index contributed by atoms with van der Waals surface area (Å²) in [6.45, 7) is 8.05. The fourth-order valence-electron chi connectivity index (χ4n) is 8.52. The summed E-state index contributed by atoms with van der Waals surface area (Å²) in [5.74, 6) is 0.0975. The van der Waals surface area contributed by atoms with Gasteiger partial charge in [0, 0.05) is 45.1 Å². The third kappa shape index (κ3) is 3.40.